The zero-order valence-electron chi connectivity index (χ0n) is 8.64. The lowest BCUT2D eigenvalue weighted by atomic mass is 9.96. The number of benzene rings is 1. The molecule has 80 valence electrons. The third-order valence-corrected chi connectivity index (χ3v) is 2.35. The summed E-state index contributed by atoms with van der Waals surface area (Å²) < 4.78 is 0. The molecule has 0 aliphatic heterocycles. The molecule has 0 aromatic heterocycles. The van der Waals surface area contributed by atoms with E-state index >= 15 is 0 Å². The molecule has 1 N–H and O–H groups in total. The maximum Gasteiger partial charge on any atom is 0.314 e. The van der Waals surface area contributed by atoms with Crippen LogP contribution in [-0.4, -0.2) is 16.9 Å². The first-order chi connectivity index (χ1) is 7.11. The van der Waals surface area contributed by atoms with E-state index in [0.717, 1.165) is 5.56 Å². The molecule has 3 nitrogen and oxygen atoms in total. The Bertz CT molecular complexity index is 329. The lowest BCUT2D eigenvalue weighted by molar-refractivity contribution is -0.145. The van der Waals surface area contributed by atoms with E-state index in [1.54, 1.807) is 0 Å². The van der Waals surface area contributed by atoms with Crippen molar-refractivity contribution >= 4 is 11.8 Å². The van der Waals surface area contributed by atoms with Crippen LogP contribution >= 0.6 is 0 Å². The van der Waals surface area contributed by atoms with Crippen molar-refractivity contribution in [2.24, 2.45) is 5.92 Å². The van der Waals surface area contributed by atoms with Gasteiger partial charge in [-0.25, -0.2) is 0 Å². The van der Waals surface area contributed by atoms with E-state index < -0.39 is 11.9 Å². The number of ketones is 1. The highest BCUT2D eigenvalue weighted by molar-refractivity contribution is 5.96. The van der Waals surface area contributed by atoms with Crippen LogP contribution in [0.4, 0.5) is 0 Å². The second-order valence-electron chi connectivity index (χ2n) is 3.53. The molecule has 0 saturated heterocycles. The number of carbonyl (C=O) groups is 2. The highest BCUT2D eigenvalue weighted by Crippen LogP contribution is 2.11. The van der Waals surface area contributed by atoms with Crippen LogP contribution in [0.3, 0.4) is 0 Å². The van der Waals surface area contributed by atoms with E-state index in [1.165, 1.54) is 6.92 Å². The van der Waals surface area contributed by atoms with Crippen LogP contribution in [0, 0.1) is 5.92 Å². The largest absolute Gasteiger partial charge is 0.481 e. The van der Waals surface area contributed by atoms with E-state index in [2.05, 4.69) is 0 Å². The van der Waals surface area contributed by atoms with Gasteiger partial charge in [-0.2, -0.15) is 0 Å². The number of carboxylic acids is 1. The van der Waals surface area contributed by atoms with Gasteiger partial charge < -0.3 is 5.11 Å². The molecule has 0 aliphatic rings. The van der Waals surface area contributed by atoms with Crippen LogP contribution in [0.1, 0.15) is 18.9 Å². The van der Waals surface area contributed by atoms with Gasteiger partial charge in [0.2, 0.25) is 0 Å². The van der Waals surface area contributed by atoms with Gasteiger partial charge in [-0.1, -0.05) is 30.3 Å². The fourth-order valence-corrected chi connectivity index (χ4v) is 1.46. The standard InChI is InChI=1S/C12H14O3/c1-9(13)11(12(14)15)8-7-10-5-3-2-4-6-10/h2-6,11H,7-8H2,1H3,(H,14,15). The Morgan fingerprint density at radius 2 is 1.87 bits per heavy atom. The van der Waals surface area contributed by atoms with Crippen molar-refractivity contribution in [1.29, 1.82) is 0 Å². The number of rotatable bonds is 5. The van der Waals surface area contributed by atoms with Crippen LogP contribution in [0.2, 0.25) is 0 Å². The fraction of sp³-hybridized carbons (Fsp3) is 0.333. The van der Waals surface area contributed by atoms with Gasteiger partial charge in [-0.05, 0) is 25.3 Å². The average Bonchev–Trinajstić information content (AvgIpc) is 2.18. The van der Waals surface area contributed by atoms with Gasteiger partial charge in [0, 0.05) is 0 Å². The van der Waals surface area contributed by atoms with E-state index in [9.17, 15) is 9.59 Å². The molecule has 1 aromatic rings. The molecule has 0 spiro atoms. The predicted molar refractivity (Wildman–Crippen MR) is 56.6 cm³/mol. The van der Waals surface area contributed by atoms with Crippen molar-refractivity contribution in [1.82, 2.24) is 0 Å². The lowest BCUT2D eigenvalue weighted by Gasteiger charge is -2.07. The molecule has 0 saturated carbocycles. The molecule has 1 atom stereocenters. The minimum absolute atomic E-state index is 0.279. The van der Waals surface area contributed by atoms with Gasteiger partial charge >= 0.3 is 5.97 Å². The molecule has 1 unspecified atom stereocenters. The monoisotopic (exact) mass is 206 g/mol. The summed E-state index contributed by atoms with van der Waals surface area (Å²) in [4.78, 5) is 21.8. The zero-order valence-corrected chi connectivity index (χ0v) is 8.64. The number of hydrogen-bond donors (Lipinski definition) is 1. The quantitative estimate of drug-likeness (QED) is 0.749. The molecule has 3 heteroatoms. The molecule has 0 aliphatic carbocycles. The van der Waals surface area contributed by atoms with E-state index in [-0.39, 0.29) is 5.78 Å². The second kappa shape index (κ2) is 5.29. The van der Waals surface area contributed by atoms with Gasteiger partial charge in [0.15, 0.2) is 0 Å². The first kappa shape index (κ1) is 11.4. The third-order valence-electron chi connectivity index (χ3n) is 2.35. The first-order valence-electron chi connectivity index (χ1n) is 4.88. The Morgan fingerprint density at radius 1 is 1.27 bits per heavy atom. The summed E-state index contributed by atoms with van der Waals surface area (Å²) in [7, 11) is 0. The summed E-state index contributed by atoms with van der Waals surface area (Å²) in [6, 6.07) is 9.57. The summed E-state index contributed by atoms with van der Waals surface area (Å²) in [6.07, 6.45) is 0.992. The smallest absolute Gasteiger partial charge is 0.314 e. The first-order valence-corrected chi connectivity index (χ1v) is 4.88. The Balaban J connectivity index is 2.55. The van der Waals surface area contributed by atoms with Crippen molar-refractivity contribution in [2.75, 3.05) is 0 Å². The number of aryl methyl sites for hydroxylation is 1. The van der Waals surface area contributed by atoms with Crippen molar-refractivity contribution in [3.8, 4) is 0 Å². The van der Waals surface area contributed by atoms with Gasteiger partial charge in [0.1, 0.15) is 11.7 Å². The molecule has 0 heterocycles. The molecule has 0 amide bonds. The van der Waals surface area contributed by atoms with Gasteiger partial charge in [0.05, 0.1) is 0 Å². The molecule has 1 aromatic carbocycles. The van der Waals surface area contributed by atoms with Crippen LogP contribution in [0.25, 0.3) is 0 Å². The summed E-state index contributed by atoms with van der Waals surface area (Å²) in [5.41, 5.74) is 1.06. The predicted octanol–water partition coefficient (Wildman–Crippen LogP) is 1.91. The topological polar surface area (TPSA) is 54.4 Å². The number of carbonyl (C=O) groups excluding carboxylic acids is 1. The van der Waals surface area contributed by atoms with Crippen LogP contribution in [0.5, 0.6) is 0 Å². The second-order valence-corrected chi connectivity index (χ2v) is 3.53. The molecule has 0 radical (unpaired) electrons. The van der Waals surface area contributed by atoms with E-state index in [4.69, 9.17) is 5.11 Å². The Labute approximate surface area is 88.7 Å². The average molecular weight is 206 g/mol. The Kier molecular flexibility index (Phi) is 4.03. The summed E-state index contributed by atoms with van der Waals surface area (Å²) in [6.45, 7) is 1.32. The highest BCUT2D eigenvalue weighted by Gasteiger charge is 2.21. The summed E-state index contributed by atoms with van der Waals surface area (Å²) >= 11 is 0. The maximum absolute atomic E-state index is 11.0. The third kappa shape index (κ3) is 3.54. The minimum Gasteiger partial charge on any atom is -0.481 e. The van der Waals surface area contributed by atoms with Crippen LogP contribution in [-0.2, 0) is 16.0 Å². The summed E-state index contributed by atoms with van der Waals surface area (Å²) in [5.74, 6) is -2.18. The Hall–Kier alpha value is -1.64. The molecule has 0 bridgehead atoms. The van der Waals surface area contributed by atoms with Gasteiger partial charge in [-0.3, -0.25) is 9.59 Å². The van der Waals surface area contributed by atoms with Crippen molar-refractivity contribution < 1.29 is 14.7 Å². The minimum atomic E-state index is -1.03. The zero-order chi connectivity index (χ0) is 11.3. The van der Waals surface area contributed by atoms with Gasteiger partial charge in [-0.15, -0.1) is 0 Å². The van der Waals surface area contributed by atoms with Crippen molar-refractivity contribution in [3.05, 3.63) is 35.9 Å². The molecule has 1 rings (SSSR count). The number of carboxylic acid groups (broad SMARTS) is 1. The van der Waals surface area contributed by atoms with Crippen LogP contribution in [0.15, 0.2) is 30.3 Å². The number of hydrogen-bond acceptors (Lipinski definition) is 2. The van der Waals surface area contributed by atoms with Gasteiger partial charge in [0.25, 0.3) is 0 Å². The highest BCUT2D eigenvalue weighted by atomic mass is 16.4. The maximum atomic E-state index is 11.0. The van der Waals surface area contributed by atoms with Crippen LogP contribution < -0.4 is 0 Å². The Morgan fingerprint density at radius 3 is 2.33 bits per heavy atom. The van der Waals surface area contributed by atoms with Crippen molar-refractivity contribution in [2.45, 2.75) is 19.8 Å². The van der Waals surface area contributed by atoms with E-state index in [0.29, 0.717) is 12.8 Å². The molecular weight excluding hydrogens is 192 g/mol. The molecule has 0 fully saturated rings. The lowest BCUT2D eigenvalue weighted by Crippen LogP contribution is -2.21. The fourth-order valence-electron chi connectivity index (χ4n) is 1.46. The molecule has 15 heavy (non-hydrogen) atoms. The summed E-state index contributed by atoms with van der Waals surface area (Å²) in [5, 5.41) is 8.80. The van der Waals surface area contributed by atoms with Crippen molar-refractivity contribution in [3.63, 3.8) is 0 Å². The SMILES string of the molecule is CC(=O)C(CCc1ccccc1)C(=O)O. The van der Waals surface area contributed by atoms with E-state index in [1.807, 2.05) is 30.3 Å². The normalized spacial score (nSPS) is 12.1. The number of aliphatic carboxylic acids is 1. The molecular formula is C12H14O3. The number of Topliss-reactive ketones (excluding diaryl/α,β-unsaturated/α-hetero) is 1.